The first kappa shape index (κ1) is 15.3. The van der Waals surface area contributed by atoms with Crippen molar-refractivity contribution < 1.29 is 24.2 Å². The fraction of sp³-hybridized carbons (Fsp3) is 0.308. The summed E-state index contributed by atoms with van der Waals surface area (Å²) in [4.78, 5) is 33.9. The number of halogens is 1. The summed E-state index contributed by atoms with van der Waals surface area (Å²) in [6.45, 7) is -0.450. The number of carbonyl (C=O) groups excluding carboxylic acids is 2. The molecule has 8 heteroatoms. The number of hydrogen-bond acceptors (Lipinski definition) is 4. The number of ether oxygens (including phenoxy) is 1. The molecule has 21 heavy (non-hydrogen) atoms. The number of benzene rings is 1. The van der Waals surface area contributed by atoms with E-state index in [-0.39, 0.29) is 17.4 Å². The summed E-state index contributed by atoms with van der Waals surface area (Å²) in [6.07, 6.45) is 1.83. The number of hydrogen-bond donors (Lipinski definition) is 3. The number of imide groups is 1. The third-order valence-electron chi connectivity index (χ3n) is 2.70. The normalized spacial score (nSPS) is 13.4. The van der Waals surface area contributed by atoms with Gasteiger partial charge in [-0.25, -0.2) is 9.59 Å². The highest BCUT2D eigenvalue weighted by atomic mass is 79.9. The molecule has 0 aliphatic heterocycles. The second-order valence-corrected chi connectivity index (χ2v) is 5.45. The fourth-order valence-corrected chi connectivity index (χ4v) is 1.89. The first-order valence-electron chi connectivity index (χ1n) is 6.21. The summed E-state index contributed by atoms with van der Waals surface area (Å²) in [5, 5.41) is 13.7. The van der Waals surface area contributed by atoms with E-state index in [0.29, 0.717) is 4.47 Å². The molecule has 1 fully saturated rings. The minimum Gasteiger partial charge on any atom is -0.483 e. The third kappa shape index (κ3) is 4.75. The number of urea groups is 1. The molecule has 1 saturated carbocycles. The van der Waals surface area contributed by atoms with Gasteiger partial charge in [0.1, 0.15) is 11.3 Å². The molecule has 0 aromatic heterocycles. The van der Waals surface area contributed by atoms with E-state index in [4.69, 9.17) is 9.84 Å². The molecule has 1 aromatic rings. The van der Waals surface area contributed by atoms with Gasteiger partial charge in [-0.2, -0.15) is 0 Å². The van der Waals surface area contributed by atoms with Crippen molar-refractivity contribution in [3.8, 4) is 5.75 Å². The van der Waals surface area contributed by atoms with Crippen molar-refractivity contribution in [2.75, 3.05) is 6.61 Å². The molecule has 3 N–H and O–H groups in total. The van der Waals surface area contributed by atoms with Crippen LogP contribution in [0.4, 0.5) is 4.79 Å². The van der Waals surface area contributed by atoms with Crippen LogP contribution in [0.3, 0.4) is 0 Å². The van der Waals surface area contributed by atoms with Crippen molar-refractivity contribution in [3.63, 3.8) is 0 Å². The Labute approximate surface area is 128 Å². The topological polar surface area (TPSA) is 105 Å². The second-order valence-electron chi connectivity index (χ2n) is 4.53. The lowest BCUT2D eigenvalue weighted by atomic mass is 10.2. The molecule has 7 nitrogen and oxygen atoms in total. The Kier molecular flexibility index (Phi) is 4.79. The first-order valence-corrected chi connectivity index (χ1v) is 7.01. The Hall–Kier alpha value is -2.09. The SMILES string of the molecule is O=C(COc1cc(Br)ccc1C(=O)O)NC(=O)NC1CC1. The molecular weight excluding hydrogens is 344 g/mol. The van der Waals surface area contributed by atoms with Crippen molar-refractivity contribution in [1.82, 2.24) is 10.6 Å². The minimum atomic E-state index is -1.16. The molecule has 0 bridgehead atoms. The van der Waals surface area contributed by atoms with Gasteiger partial charge in [0.15, 0.2) is 6.61 Å². The maximum atomic E-state index is 11.5. The van der Waals surface area contributed by atoms with Gasteiger partial charge in [-0.05, 0) is 31.0 Å². The molecule has 112 valence electrons. The highest BCUT2D eigenvalue weighted by molar-refractivity contribution is 9.10. The molecule has 0 atom stereocenters. The van der Waals surface area contributed by atoms with E-state index in [1.165, 1.54) is 12.1 Å². The van der Waals surface area contributed by atoms with Gasteiger partial charge in [0.05, 0.1) is 0 Å². The Balaban J connectivity index is 1.89. The quantitative estimate of drug-likeness (QED) is 0.741. The van der Waals surface area contributed by atoms with E-state index in [9.17, 15) is 14.4 Å². The van der Waals surface area contributed by atoms with Crippen LogP contribution < -0.4 is 15.4 Å². The summed E-state index contributed by atoms with van der Waals surface area (Å²) in [6, 6.07) is 3.93. The summed E-state index contributed by atoms with van der Waals surface area (Å²) < 4.78 is 5.78. The highest BCUT2D eigenvalue weighted by Crippen LogP contribution is 2.23. The van der Waals surface area contributed by atoms with Crippen LogP contribution in [0.2, 0.25) is 0 Å². The maximum Gasteiger partial charge on any atom is 0.339 e. The largest absolute Gasteiger partial charge is 0.483 e. The fourth-order valence-electron chi connectivity index (χ4n) is 1.55. The predicted octanol–water partition coefficient (Wildman–Crippen LogP) is 1.51. The van der Waals surface area contributed by atoms with Gasteiger partial charge in [0, 0.05) is 10.5 Å². The van der Waals surface area contributed by atoms with E-state index in [0.717, 1.165) is 12.8 Å². The molecule has 0 radical (unpaired) electrons. The van der Waals surface area contributed by atoms with Crippen LogP contribution in [0.1, 0.15) is 23.2 Å². The van der Waals surface area contributed by atoms with Crippen LogP contribution in [0.5, 0.6) is 5.75 Å². The molecule has 1 aliphatic rings. The van der Waals surface area contributed by atoms with Gasteiger partial charge in [0.25, 0.3) is 5.91 Å². The molecule has 1 aromatic carbocycles. The van der Waals surface area contributed by atoms with E-state index < -0.39 is 24.5 Å². The van der Waals surface area contributed by atoms with Crippen LogP contribution in [0.15, 0.2) is 22.7 Å². The van der Waals surface area contributed by atoms with E-state index in [2.05, 4.69) is 26.6 Å². The van der Waals surface area contributed by atoms with Crippen LogP contribution in [-0.2, 0) is 4.79 Å². The first-order chi connectivity index (χ1) is 9.95. The lowest BCUT2D eigenvalue weighted by Crippen LogP contribution is -2.42. The Morgan fingerprint density at radius 3 is 2.67 bits per heavy atom. The number of aromatic carboxylic acids is 1. The molecular formula is C13H13BrN2O5. The molecule has 0 saturated heterocycles. The van der Waals surface area contributed by atoms with Gasteiger partial charge in [0.2, 0.25) is 0 Å². The van der Waals surface area contributed by atoms with Crippen LogP contribution in [-0.4, -0.2) is 35.7 Å². The van der Waals surface area contributed by atoms with E-state index >= 15 is 0 Å². The maximum absolute atomic E-state index is 11.5. The number of rotatable bonds is 5. The number of carboxylic acids is 1. The van der Waals surface area contributed by atoms with Crippen molar-refractivity contribution in [3.05, 3.63) is 28.2 Å². The molecule has 1 aliphatic carbocycles. The highest BCUT2D eigenvalue weighted by Gasteiger charge is 2.24. The summed E-state index contributed by atoms with van der Waals surface area (Å²) in [7, 11) is 0. The smallest absolute Gasteiger partial charge is 0.339 e. The average Bonchev–Trinajstić information content (AvgIpc) is 3.19. The summed E-state index contributed by atoms with van der Waals surface area (Å²) in [5.74, 6) is -1.76. The number of carbonyl (C=O) groups is 3. The predicted molar refractivity (Wildman–Crippen MR) is 76.3 cm³/mol. The molecule has 0 unspecified atom stereocenters. The van der Waals surface area contributed by atoms with Crippen LogP contribution in [0, 0.1) is 0 Å². The van der Waals surface area contributed by atoms with E-state index in [1.807, 2.05) is 0 Å². The summed E-state index contributed by atoms with van der Waals surface area (Å²) in [5.41, 5.74) is -0.0616. The zero-order valence-corrected chi connectivity index (χ0v) is 12.5. The van der Waals surface area contributed by atoms with Crippen LogP contribution in [0.25, 0.3) is 0 Å². The molecule has 2 rings (SSSR count). The zero-order valence-electron chi connectivity index (χ0n) is 10.9. The summed E-state index contributed by atoms with van der Waals surface area (Å²) >= 11 is 3.19. The molecule has 3 amide bonds. The Morgan fingerprint density at radius 2 is 2.05 bits per heavy atom. The standard InChI is InChI=1S/C13H13BrN2O5/c14-7-1-4-9(12(18)19)10(5-7)21-6-11(17)16-13(20)15-8-2-3-8/h1,4-5,8H,2-3,6H2,(H,18,19)(H2,15,16,17,20). The van der Waals surface area contributed by atoms with Gasteiger partial charge >= 0.3 is 12.0 Å². The number of nitrogens with one attached hydrogen (secondary N) is 2. The molecule has 0 spiro atoms. The van der Waals surface area contributed by atoms with Gasteiger partial charge < -0.3 is 15.2 Å². The van der Waals surface area contributed by atoms with Gasteiger partial charge in [-0.3, -0.25) is 10.1 Å². The Bertz CT molecular complexity index is 586. The minimum absolute atomic E-state index is 0.0506. The lowest BCUT2D eigenvalue weighted by molar-refractivity contribution is -0.122. The average molecular weight is 357 g/mol. The number of amides is 3. The van der Waals surface area contributed by atoms with Crippen LogP contribution >= 0.6 is 15.9 Å². The van der Waals surface area contributed by atoms with Gasteiger partial charge in [-0.1, -0.05) is 15.9 Å². The van der Waals surface area contributed by atoms with Crippen molar-refractivity contribution in [2.24, 2.45) is 0 Å². The Morgan fingerprint density at radius 1 is 1.33 bits per heavy atom. The monoisotopic (exact) mass is 356 g/mol. The van der Waals surface area contributed by atoms with Gasteiger partial charge in [-0.15, -0.1) is 0 Å². The molecule has 0 heterocycles. The second kappa shape index (κ2) is 6.57. The van der Waals surface area contributed by atoms with Crippen molar-refractivity contribution in [2.45, 2.75) is 18.9 Å². The zero-order chi connectivity index (χ0) is 15.4. The number of carboxylic acid groups (broad SMARTS) is 1. The van der Waals surface area contributed by atoms with Crippen molar-refractivity contribution in [1.29, 1.82) is 0 Å². The third-order valence-corrected chi connectivity index (χ3v) is 3.19. The van der Waals surface area contributed by atoms with E-state index in [1.54, 1.807) is 6.07 Å². The lowest BCUT2D eigenvalue weighted by Gasteiger charge is -2.10. The van der Waals surface area contributed by atoms with Crippen molar-refractivity contribution >= 4 is 33.8 Å².